The van der Waals surface area contributed by atoms with Crippen LogP contribution in [0.15, 0.2) is 24.3 Å². The van der Waals surface area contributed by atoms with Crippen molar-refractivity contribution >= 4 is 0 Å². The van der Waals surface area contributed by atoms with Gasteiger partial charge in [0.1, 0.15) is 5.75 Å². The molecule has 0 aliphatic carbocycles. The lowest BCUT2D eigenvalue weighted by atomic mass is 9.98. The molecule has 0 aromatic heterocycles. The normalized spacial score (nSPS) is 20.1. The van der Waals surface area contributed by atoms with Crippen LogP contribution in [0, 0.1) is 11.3 Å². The highest BCUT2D eigenvalue weighted by molar-refractivity contribution is 5.31. The third-order valence-electron chi connectivity index (χ3n) is 3.38. The van der Waals surface area contributed by atoms with E-state index in [1.165, 1.54) is 12.0 Å². The van der Waals surface area contributed by atoms with Crippen molar-refractivity contribution in [1.82, 2.24) is 4.90 Å². The summed E-state index contributed by atoms with van der Waals surface area (Å²) in [4.78, 5) is 2.37. The fraction of sp³-hybridized carbons (Fsp3) is 0.500. The Morgan fingerprint density at radius 2 is 2.41 bits per heavy atom. The first-order valence-corrected chi connectivity index (χ1v) is 6.06. The van der Waals surface area contributed by atoms with Crippen molar-refractivity contribution < 1.29 is 4.74 Å². The number of rotatable bonds is 4. The van der Waals surface area contributed by atoms with Crippen LogP contribution in [0.25, 0.3) is 0 Å². The molecule has 1 aromatic carbocycles. The molecule has 1 aromatic rings. The topological polar surface area (TPSA) is 36.3 Å². The average molecular weight is 230 g/mol. The van der Waals surface area contributed by atoms with Gasteiger partial charge in [-0.2, -0.15) is 5.26 Å². The zero-order valence-corrected chi connectivity index (χ0v) is 10.2. The van der Waals surface area contributed by atoms with Crippen molar-refractivity contribution in [2.75, 3.05) is 26.7 Å². The molecular weight excluding hydrogens is 212 g/mol. The Morgan fingerprint density at radius 3 is 3.18 bits per heavy atom. The molecule has 1 saturated heterocycles. The molecule has 0 bridgehead atoms. The first kappa shape index (κ1) is 11.9. The summed E-state index contributed by atoms with van der Waals surface area (Å²) in [6.45, 7) is 3.06. The van der Waals surface area contributed by atoms with Crippen LogP contribution in [-0.4, -0.2) is 31.6 Å². The maximum Gasteiger partial charge on any atom is 0.119 e. The molecule has 1 fully saturated rings. The molecule has 1 atom stereocenters. The lowest BCUT2D eigenvalue weighted by Gasteiger charge is -2.14. The second-order valence-electron chi connectivity index (χ2n) is 4.47. The molecule has 1 aliphatic heterocycles. The molecule has 1 heterocycles. The fourth-order valence-corrected chi connectivity index (χ4v) is 2.41. The third-order valence-corrected chi connectivity index (χ3v) is 3.38. The first-order valence-electron chi connectivity index (χ1n) is 6.06. The lowest BCUT2D eigenvalue weighted by molar-refractivity contribution is 0.342. The zero-order valence-electron chi connectivity index (χ0n) is 10.2. The van der Waals surface area contributed by atoms with Gasteiger partial charge in [0, 0.05) is 19.5 Å². The van der Waals surface area contributed by atoms with E-state index in [-0.39, 0.29) is 0 Å². The van der Waals surface area contributed by atoms with E-state index in [4.69, 9.17) is 10.00 Å². The Kier molecular flexibility index (Phi) is 4.00. The maximum absolute atomic E-state index is 8.58. The monoisotopic (exact) mass is 230 g/mol. The minimum Gasteiger partial charge on any atom is -0.497 e. The number of hydrogen-bond donors (Lipinski definition) is 0. The van der Waals surface area contributed by atoms with Crippen LogP contribution in [0.5, 0.6) is 5.75 Å². The molecule has 90 valence electrons. The second kappa shape index (κ2) is 5.70. The van der Waals surface area contributed by atoms with E-state index in [2.05, 4.69) is 23.1 Å². The summed E-state index contributed by atoms with van der Waals surface area (Å²) >= 11 is 0. The lowest BCUT2D eigenvalue weighted by Crippen LogP contribution is -2.21. The van der Waals surface area contributed by atoms with Crippen molar-refractivity contribution in [1.29, 1.82) is 5.26 Å². The number of methoxy groups -OCH3 is 1. The Morgan fingerprint density at radius 1 is 1.53 bits per heavy atom. The van der Waals surface area contributed by atoms with Gasteiger partial charge in [0.2, 0.25) is 0 Å². The van der Waals surface area contributed by atoms with Gasteiger partial charge in [-0.15, -0.1) is 0 Å². The third kappa shape index (κ3) is 2.98. The highest BCUT2D eigenvalue weighted by Gasteiger charge is 2.23. The van der Waals surface area contributed by atoms with Crippen molar-refractivity contribution in [2.45, 2.75) is 18.8 Å². The molecule has 0 spiro atoms. The Balaban J connectivity index is 1.97. The van der Waals surface area contributed by atoms with Crippen molar-refractivity contribution in [2.24, 2.45) is 0 Å². The van der Waals surface area contributed by atoms with Crippen molar-refractivity contribution in [3.8, 4) is 11.8 Å². The van der Waals surface area contributed by atoms with Gasteiger partial charge in [0.15, 0.2) is 0 Å². The summed E-state index contributed by atoms with van der Waals surface area (Å²) in [6, 6.07) is 10.5. The van der Waals surface area contributed by atoms with Gasteiger partial charge in [0.25, 0.3) is 0 Å². The van der Waals surface area contributed by atoms with Crippen LogP contribution < -0.4 is 4.74 Å². The SMILES string of the molecule is COc1cccc(C2CCN(CCC#N)C2)c1. The summed E-state index contributed by atoms with van der Waals surface area (Å²) in [7, 11) is 1.70. The number of ether oxygens (including phenoxy) is 1. The van der Waals surface area contributed by atoms with Crippen LogP contribution >= 0.6 is 0 Å². The summed E-state index contributed by atoms with van der Waals surface area (Å²) < 4.78 is 5.25. The summed E-state index contributed by atoms with van der Waals surface area (Å²) in [6.07, 6.45) is 1.81. The van der Waals surface area contributed by atoms with E-state index in [1.807, 2.05) is 12.1 Å². The van der Waals surface area contributed by atoms with E-state index in [0.717, 1.165) is 25.4 Å². The Bertz CT molecular complexity index is 411. The second-order valence-corrected chi connectivity index (χ2v) is 4.47. The number of nitrogens with zero attached hydrogens (tertiary/aromatic N) is 2. The quantitative estimate of drug-likeness (QED) is 0.797. The van der Waals surface area contributed by atoms with Gasteiger partial charge in [-0.25, -0.2) is 0 Å². The first-order chi connectivity index (χ1) is 8.33. The van der Waals surface area contributed by atoms with Crippen molar-refractivity contribution in [3.63, 3.8) is 0 Å². The smallest absolute Gasteiger partial charge is 0.119 e. The maximum atomic E-state index is 8.58. The van der Waals surface area contributed by atoms with Gasteiger partial charge in [-0.05, 0) is 36.6 Å². The Labute approximate surface area is 103 Å². The van der Waals surface area contributed by atoms with E-state index < -0.39 is 0 Å². The molecule has 17 heavy (non-hydrogen) atoms. The summed E-state index contributed by atoms with van der Waals surface area (Å²) in [5, 5.41) is 8.58. The average Bonchev–Trinajstić information content (AvgIpc) is 2.85. The largest absolute Gasteiger partial charge is 0.497 e. The highest BCUT2D eigenvalue weighted by Crippen LogP contribution is 2.29. The molecule has 3 nitrogen and oxygen atoms in total. The van der Waals surface area contributed by atoms with E-state index in [0.29, 0.717) is 12.3 Å². The molecule has 2 rings (SSSR count). The van der Waals surface area contributed by atoms with Gasteiger partial charge in [-0.3, -0.25) is 0 Å². The number of nitriles is 1. The van der Waals surface area contributed by atoms with Crippen LogP contribution in [-0.2, 0) is 0 Å². The molecule has 0 radical (unpaired) electrons. The summed E-state index contributed by atoms with van der Waals surface area (Å²) in [5.74, 6) is 1.52. The Hall–Kier alpha value is -1.53. The van der Waals surface area contributed by atoms with Gasteiger partial charge in [0.05, 0.1) is 13.2 Å². The number of likely N-dealkylation sites (tertiary alicyclic amines) is 1. The van der Waals surface area contributed by atoms with Gasteiger partial charge in [-0.1, -0.05) is 12.1 Å². The molecule has 0 N–H and O–H groups in total. The van der Waals surface area contributed by atoms with Gasteiger partial charge >= 0.3 is 0 Å². The predicted octanol–water partition coefficient (Wildman–Crippen LogP) is 2.40. The standard InChI is InChI=1S/C14H18N2O/c1-17-14-5-2-4-12(10-14)13-6-9-16(11-13)8-3-7-15/h2,4-5,10,13H,3,6,8-9,11H2,1H3. The highest BCUT2D eigenvalue weighted by atomic mass is 16.5. The molecule has 1 unspecified atom stereocenters. The fourth-order valence-electron chi connectivity index (χ4n) is 2.41. The minimum atomic E-state index is 0.587. The van der Waals surface area contributed by atoms with E-state index in [9.17, 15) is 0 Å². The number of hydrogen-bond acceptors (Lipinski definition) is 3. The molecule has 1 aliphatic rings. The summed E-state index contributed by atoms with van der Waals surface area (Å²) in [5.41, 5.74) is 1.35. The number of benzene rings is 1. The van der Waals surface area contributed by atoms with E-state index in [1.54, 1.807) is 7.11 Å². The minimum absolute atomic E-state index is 0.587. The molecule has 0 amide bonds. The van der Waals surface area contributed by atoms with Crippen molar-refractivity contribution in [3.05, 3.63) is 29.8 Å². The van der Waals surface area contributed by atoms with Gasteiger partial charge < -0.3 is 9.64 Å². The van der Waals surface area contributed by atoms with Crippen LogP contribution in [0.4, 0.5) is 0 Å². The van der Waals surface area contributed by atoms with E-state index >= 15 is 0 Å². The molecule has 0 saturated carbocycles. The predicted molar refractivity (Wildman–Crippen MR) is 67.0 cm³/mol. The van der Waals surface area contributed by atoms with Crippen LogP contribution in [0.1, 0.15) is 24.3 Å². The van der Waals surface area contributed by atoms with Crippen LogP contribution in [0.2, 0.25) is 0 Å². The molecular formula is C14H18N2O. The molecule has 3 heteroatoms. The van der Waals surface area contributed by atoms with Crippen LogP contribution in [0.3, 0.4) is 0 Å². The zero-order chi connectivity index (χ0) is 12.1.